The number of aliphatic hydroxyl groups is 1. The number of carbonyl (C=O) groups excluding carboxylic acids is 2. The Morgan fingerprint density at radius 2 is 1.75 bits per heavy atom. The summed E-state index contributed by atoms with van der Waals surface area (Å²) in [5, 5.41) is 19.7. The van der Waals surface area contributed by atoms with Crippen LogP contribution in [0.15, 0.2) is 30.3 Å². The molecular formula is C19H30N2O7. The highest BCUT2D eigenvalue weighted by Crippen LogP contribution is 2.09. The Morgan fingerprint density at radius 1 is 1.18 bits per heavy atom. The molecule has 0 aliphatic carbocycles. The van der Waals surface area contributed by atoms with E-state index in [0.29, 0.717) is 12.8 Å². The van der Waals surface area contributed by atoms with Gasteiger partial charge in [-0.25, -0.2) is 9.59 Å². The molecule has 0 saturated heterocycles. The summed E-state index contributed by atoms with van der Waals surface area (Å²) in [6.07, 6.45) is 0.185. The van der Waals surface area contributed by atoms with Gasteiger partial charge in [0.25, 0.3) is 0 Å². The van der Waals surface area contributed by atoms with Gasteiger partial charge >= 0.3 is 18.0 Å². The molecule has 5 N–H and O–H groups in total. The monoisotopic (exact) mass is 398 g/mol. The van der Waals surface area contributed by atoms with Crippen LogP contribution in [0.3, 0.4) is 0 Å². The number of nitrogens with two attached hydrogens (primary N) is 1. The van der Waals surface area contributed by atoms with E-state index >= 15 is 0 Å². The number of hydrogen-bond donors (Lipinski definition) is 4. The number of alkyl carbamates (subject to hydrolysis) is 1. The number of nitrogens with one attached hydrogen (secondary N) is 1. The van der Waals surface area contributed by atoms with Crippen LogP contribution in [0.4, 0.5) is 4.79 Å². The number of carbonyl (C=O) groups is 3. The van der Waals surface area contributed by atoms with Crippen molar-refractivity contribution in [2.24, 2.45) is 5.73 Å². The van der Waals surface area contributed by atoms with Crippen molar-refractivity contribution in [3.8, 4) is 0 Å². The number of carboxylic acids is 1. The first-order chi connectivity index (χ1) is 13.0. The number of ether oxygens (including phenoxy) is 2. The molecule has 0 radical (unpaired) electrons. The third-order valence-electron chi connectivity index (χ3n) is 3.25. The van der Waals surface area contributed by atoms with Crippen LogP contribution in [0.1, 0.15) is 32.8 Å². The van der Waals surface area contributed by atoms with Gasteiger partial charge in [-0.05, 0) is 39.2 Å². The van der Waals surface area contributed by atoms with Crippen molar-refractivity contribution in [2.75, 3.05) is 13.7 Å². The summed E-state index contributed by atoms with van der Waals surface area (Å²) >= 11 is 0. The maximum absolute atomic E-state index is 11.6. The number of aliphatic carboxylic acids is 1. The van der Waals surface area contributed by atoms with Crippen molar-refractivity contribution in [1.29, 1.82) is 0 Å². The van der Waals surface area contributed by atoms with Crippen molar-refractivity contribution in [1.82, 2.24) is 5.32 Å². The predicted molar refractivity (Wildman–Crippen MR) is 103 cm³/mol. The zero-order valence-corrected chi connectivity index (χ0v) is 16.7. The fourth-order valence-corrected chi connectivity index (χ4v) is 1.89. The molecule has 28 heavy (non-hydrogen) atoms. The van der Waals surface area contributed by atoms with Crippen LogP contribution in [-0.2, 0) is 25.5 Å². The van der Waals surface area contributed by atoms with Crippen LogP contribution in [0.25, 0.3) is 0 Å². The van der Waals surface area contributed by atoms with Gasteiger partial charge in [-0.1, -0.05) is 30.3 Å². The molecule has 1 rings (SSSR count). The maximum atomic E-state index is 11.6. The van der Waals surface area contributed by atoms with Gasteiger partial charge in [0.1, 0.15) is 17.7 Å². The predicted octanol–water partition coefficient (Wildman–Crippen LogP) is 1.08. The minimum Gasteiger partial charge on any atom is -0.480 e. The standard InChI is InChI=1S/C15H21NO4.C4H9NO3/c1-15(2,3)20-14(19)16-12(13(17)18)10-9-11-7-5-4-6-8-11;1-8-4(7)3(5)2-6/h4-8,12H,9-10H2,1-3H3,(H,16,19)(H,17,18);3,6H,2,5H2,1H3/t12-;3-/m10/s1. The summed E-state index contributed by atoms with van der Waals surface area (Å²) in [5.41, 5.74) is 5.39. The lowest BCUT2D eigenvalue weighted by Gasteiger charge is -2.22. The second-order valence-corrected chi connectivity index (χ2v) is 6.87. The zero-order chi connectivity index (χ0) is 21.7. The van der Waals surface area contributed by atoms with E-state index < -0.39 is 35.7 Å². The van der Waals surface area contributed by atoms with Gasteiger partial charge < -0.3 is 30.7 Å². The summed E-state index contributed by atoms with van der Waals surface area (Å²) in [5.74, 6) is -1.65. The minimum absolute atomic E-state index is 0.318. The molecule has 0 unspecified atom stereocenters. The first-order valence-corrected chi connectivity index (χ1v) is 8.70. The lowest BCUT2D eigenvalue weighted by molar-refractivity contribution is -0.143. The first-order valence-electron chi connectivity index (χ1n) is 8.70. The topological polar surface area (TPSA) is 148 Å². The summed E-state index contributed by atoms with van der Waals surface area (Å²) in [7, 11) is 1.22. The SMILES string of the molecule is CC(C)(C)OC(=O)N[C@H](CCc1ccccc1)C(=O)O.COC(=O)[C@@H](N)CO. The molecule has 9 heteroatoms. The van der Waals surface area contributed by atoms with Crippen LogP contribution in [0.2, 0.25) is 0 Å². The Kier molecular flexibility index (Phi) is 11.5. The van der Waals surface area contributed by atoms with Crippen molar-refractivity contribution in [3.05, 3.63) is 35.9 Å². The number of hydrogen-bond acceptors (Lipinski definition) is 7. The molecule has 9 nitrogen and oxygen atoms in total. The summed E-state index contributed by atoms with van der Waals surface area (Å²) in [6.45, 7) is 4.82. The molecule has 0 bridgehead atoms. The third kappa shape index (κ3) is 11.9. The van der Waals surface area contributed by atoms with Crippen LogP contribution < -0.4 is 11.1 Å². The second-order valence-electron chi connectivity index (χ2n) is 6.87. The maximum Gasteiger partial charge on any atom is 0.408 e. The van der Waals surface area contributed by atoms with E-state index in [0.717, 1.165) is 5.56 Å². The lowest BCUT2D eigenvalue weighted by Crippen LogP contribution is -2.43. The van der Waals surface area contributed by atoms with Crippen molar-refractivity contribution < 1.29 is 34.1 Å². The van der Waals surface area contributed by atoms with Gasteiger partial charge in [-0.3, -0.25) is 4.79 Å². The van der Waals surface area contributed by atoms with Gasteiger partial charge in [0, 0.05) is 0 Å². The van der Waals surface area contributed by atoms with Gasteiger partial charge in [0.15, 0.2) is 0 Å². The Balaban J connectivity index is 0.000000769. The fraction of sp³-hybridized carbons (Fsp3) is 0.526. The van der Waals surface area contributed by atoms with Crippen LogP contribution in [0.5, 0.6) is 0 Å². The largest absolute Gasteiger partial charge is 0.480 e. The molecule has 1 aromatic rings. The molecule has 158 valence electrons. The molecular weight excluding hydrogens is 368 g/mol. The van der Waals surface area contributed by atoms with Gasteiger partial charge in [0.05, 0.1) is 13.7 Å². The average molecular weight is 398 g/mol. The van der Waals surface area contributed by atoms with E-state index in [1.807, 2.05) is 30.3 Å². The third-order valence-corrected chi connectivity index (χ3v) is 3.25. The van der Waals surface area contributed by atoms with E-state index in [2.05, 4.69) is 10.1 Å². The minimum atomic E-state index is -1.06. The van der Waals surface area contributed by atoms with Gasteiger partial charge in [-0.2, -0.15) is 0 Å². The number of methoxy groups -OCH3 is 1. The number of aliphatic hydroxyl groups excluding tert-OH is 1. The summed E-state index contributed by atoms with van der Waals surface area (Å²) < 4.78 is 9.24. The van der Waals surface area contributed by atoms with E-state index in [9.17, 15) is 14.4 Å². The number of amides is 1. The molecule has 0 heterocycles. The highest BCUT2D eigenvalue weighted by atomic mass is 16.6. The number of benzene rings is 1. The Morgan fingerprint density at radius 3 is 2.14 bits per heavy atom. The Labute approximate surface area is 164 Å². The van der Waals surface area contributed by atoms with Crippen molar-refractivity contribution in [3.63, 3.8) is 0 Å². The zero-order valence-electron chi connectivity index (χ0n) is 16.7. The number of rotatable bonds is 7. The number of aryl methyl sites for hydroxylation is 1. The molecule has 0 aromatic heterocycles. The summed E-state index contributed by atoms with van der Waals surface area (Å²) in [4.78, 5) is 33.0. The van der Waals surface area contributed by atoms with E-state index in [-0.39, 0.29) is 6.61 Å². The molecule has 1 aromatic carbocycles. The molecule has 0 saturated carbocycles. The number of carboxylic acid groups (broad SMARTS) is 1. The normalized spacial score (nSPS) is 12.6. The van der Waals surface area contributed by atoms with Crippen LogP contribution >= 0.6 is 0 Å². The van der Waals surface area contributed by atoms with Crippen LogP contribution in [-0.4, -0.2) is 59.6 Å². The highest BCUT2D eigenvalue weighted by molar-refractivity contribution is 5.80. The lowest BCUT2D eigenvalue weighted by atomic mass is 10.1. The second kappa shape index (κ2) is 12.7. The van der Waals surface area contributed by atoms with E-state index in [1.165, 1.54) is 7.11 Å². The average Bonchev–Trinajstić information content (AvgIpc) is 2.63. The smallest absolute Gasteiger partial charge is 0.408 e. The molecule has 0 spiro atoms. The number of esters is 1. The molecule has 0 fully saturated rings. The Bertz CT molecular complexity index is 614. The summed E-state index contributed by atoms with van der Waals surface area (Å²) in [6, 6.07) is 7.69. The quantitative estimate of drug-likeness (QED) is 0.499. The van der Waals surface area contributed by atoms with Gasteiger partial charge in [0.2, 0.25) is 0 Å². The molecule has 0 aliphatic heterocycles. The van der Waals surface area contributed by atoms with E-state index in [4.69, 9.17) is 20.7 Å². The van der Waals surface area contributed by atoms with Crippen molar-refractivity contribution in [2.45, 2.75) is 51.3 Å². The molecule has 0 aliphatic rings. The Hall–Kier alpha value is -2.65. The van der Waals surface area contributed by atoms with Crippen LogP contribution in [0, 0.1) is 0 Å². The van der Waals surface area contributed by atoms with Gasteiger partial charge in [-0.15, -0.1) is 0 Å². The molecule has 1 amide bonds. The first kappa shape index (κ1) is 25.4. The fourth-order valence-electron chi connectivity index (χ4n) is 1.89. The van der Waals surface area contributed by atoms with E-state index in [1.54, 1.807) is 20.8 Å². The van der Waals surface area contributed by atoms with Crippen molar-refractivity contribution >= 4 is 18.0 Å². The highest BCUT2D eigenvalue weighted by Gasteiger charge is 2.23. The molecule has 2 atom stereocenters.